The van der Waals surface area contributed by atoms with Crippen LogP contribution in [0.5, 0.6) is 11.5 Å². The van der Waals surface area contributed by atoms with Gasteiger partial charge in [0.05, 0.1) is 29.6 Å². The van der Waals surface area contributed by atoms with E-state index in [9.17, 15) is 4.79 Å². The van der Waals surface area contributed by atoms with Gasteiger partial charge in [-0.05, 0) is 72.7 Å². The molecule has 0 aliphatic carbocycles. The summed E-state index contributed by atoms with van der Waals surface area (Å²) in [7, 11) is 1.63. The van der Waals surface area contributed by atoms with Gasteiger partial charge in [0.15, 0.2) is 17.3 Å². The smallest absolute Gasteiger partial charge is 0.291 e. The summed E-state index contributed by atoms with van der Waals surface area (Å²) in [4.78, 5) is 19.8. The second-order valence-corrected chi connectivity index (χ2v) is 12.8. The first-order valence-corrected chi connectivity index (χ1v) is 17.1. The Morgan fingerprint density at radius 1 is 0.935 bits per heavy atom. The first-order chi connectivity index (χ1) is 22.6. The summed E-state index contributed by atoms with van der Waals surface area (Å²) >= 11 is 3.15. The molecular weight excluding hydrogens is 615 g/mol. The van der Waals surface area contributed by atoms with Gasteiger partial charge in [0.1, 0.15) is 0 Å². The molecule has 3 aromatic carbocycles. The summed E-state index contributed by atoms with van der Waals surface area (Å²) in [6.45, 7) is 4.96. The second-order valence-electron chi connectivity index (χ2n) is 10.6. The van der Waals surface area contributed by atoms with Crippen molar-refractivity contribution in [2.45, 2.75) is 38.0 Å². The molecule has 46 heavy (non-hydrogen) atoms. The molecule has 10 heteroatoms. The summed E-state index contributed by atoms with van der Waals surface area (Å²) in [5.74, 6) is 2.92. The van der Waals surface area contributed by atoms with Gasteiger partial charge in [-0.1, -0.05) is 74.1 Å². The van der Waals surface area contributed by atoms with Crippen LogP contribution in [0.1, 0.15) is 50.1 Å². The number of ether oxygens (including phenoxy) is 2. The fourth-order valence-corrected chi connectivity index (χ4v) is 6.50. The summed E-state index contributed by atoms with van der Waals surface area (Å²) in [6.07, 6.45) is 10.7. The second kappa shape index (κ2) is 14.6. The molecule has 0 saturated carbocycles. The lowest BCUT2D eigenvalue weighted by molar-refractivity contribution is 0.288. The number of nitrogens with zero attached hydrogens (tertiary/aromatic N) is 5. The zero-order valence-corrected chi connectivity index (χ0v) is 27.7. The van der Waals surface area contributed by atoms with Gasteiger partial charge in [0.2, 0.25) is 4.96 Å². The van der Waals surface area contributed by atoms with Gasteiger partial charge in [0, 0.05) is 22.2 Å². The molecular formula is C36H35N5O3S2. The van der Waals surface area contributed by atoms with Gasteiger partial charge in [-0.25, -0.2) is 4.68 Å². The van der Waals surface area contributed by atoms with Crippen molar-refractivity contribution in [2.75, 3.05) is 19.5 Å². The number of unbranched alkanes of at least 4 members (excludes halogenated alkanes) is 1. The molecule has 0 aliphatic rings. The van der Waals surface area contributed by atoms with Crippen molar-refractivity contribution in [3.8, 4) is 28.4 Å². The van der Waals surface area contributed by atoms with Crippen molar-refractivity contribution >= 4 is 46.3 Å². The van der Waals surface area contributed by atoms with Crippen molar-refractivity contribution in [1.29, 1.82) is 0 Å². The lowest BCUT2D eigenvalue weighted by atomic mass is 10.1. The number of fused-ring (bicyclic) bond motifs is 1. The van der Waals surface area contributed by atoms with Crippen LogP contribution in [0.15, 0.2) is 88.7 Å². The fraction of sp³-hybridized carbons (Fsp3) is 0.222. The van der Waals surface area contributed by atoms with E-state index < -0.39 is 0 Å². The van der Waals surface area contributed by atoms with Gasteiger partial charge in [0.25, 0.3) is 5.56 Å². The zero-order chi connectivity index (χ0) is 31.9. The molecule has 0 radical (unpaired) electrons. The Bertz CT molecular complexity index is 2060. The Morgan fingerprint density at radius 3 is 2.50 bits per heavy atom. The van der Waals surface area contributed by atoms with E-state index in [1.807, 2.05) is 83.3 Å². The van der Waals surface area contributed by atoms with E-state index in [0.29, 0.717) is 33.4 Å². The Balaban J connectivity index is 1.30. The van der Waals surface area contributed by atoms with Gasteiger partial charge in [-0.15, -0.1) is 16.9 Å². The van der Waals surface area contributed by atoms with Gasteiger partial charge in [-0.3, -0.25) is 4.79 Å². The van der Waals surface area contributed by atoms with Crippen molar-refractivity contribution in [3.05, 3.63) is 111 Å². The number of para-hydroxylation sites is 1. The number of benzene rings is 3. The highest BCUT2D eigenvalue weighted by Gasteiger charge is 2.14. The minimum Gasteiger partial charge on any atom is -0.493 e. The molecule has 0 N–H and O–H groups in total. The van der Waals surface area contributed by atoms with Crippen LogP contribution in [-0.4, -0.2) is 43.8 Å². The summed E-state index contributed by atoms with van der Waals surface area (Å²) < 4.78 is 15.1. The molecule has 0 spiro atoms. The van der Waals surface area contributed by atoms with Crippen molar-refractivity contribution < 1.29 is 9.47 Å². The van der Waals surface area contributed by atoms with E-state index in [-0.39, 0.29) is 5.56 Å². The third-order valence-corrected chi connectivity index (χ3v) is 9.39. The number of thiazole rings is 1. The zero-order valence-electron chi connectivity index (χ0n) is 26.1. The van der Waals surface area contributed by atoms with Crippen LogP contribution in [0.4, 0.5) is 0 Å². The van der Waals surface area contributed by atoms with Crippen LogP contribution < -0.4 is 19.6 Å². The molecule has 0 saturated heterocycles. The van der Waals surface area contributed by atoms with Gasteiger partial charge < -0.3 is 9.47 Å². The minimum absolute atomic E-state index is 0.216. The maximum absolute atomic E-state index is 13.5. The standard InChI is InChI=1S/C36H35N5O3S2/c1-4-6-20-44-30-18-12-25(22-31(30)43-3)13-19-33-37-36-41(38-33)35(42)32(46-36)23-27-24-40(28-10-8-7-9-11-28)39-34(27)26-14-16-29(17-15-26)45-21-5-2/h7-19,22-24H,4-6,20-21H2,1-3H3/b19-13+,32-23-. The van der Waals surface area contributed by atoms with E-state index >= 15 is 0 Å². The number of methoxy groups -OCH3 is 1. The van der Waals surface area contributed by atoms with E-state index in [4.69, 9.17) is 14.6 Å². The molecule has 0 unspecified atom stereocenters. The molecule has 3 aromatic heterocycles. The predicted octanol–water partition coefficient (Wildman–Crippen LogP) is 7.41. The molecule has 234 valence electrons. The average Bonchev–Trinajstić information content (AvgIpc) is 3.78. The van der Waals surface area contributed by atoms with Gasteiger partial charge in [-0.2, -0.15) is 14.6 Å². The van der Waals surface area contributed by atoms with Crippen molar-refractivity contribution in [3.63, 3.8) is 0 Å². The quantitative estimate of drug-likeness (QED) is 0.0952. The molecule has 0 aliphatic heterocycles. The first-order valence-electron chi connectivity index (χ1n) is 15.3. The predicted molar refractivity (Wildman–Crippen MR) is 188 cm³/mol. The highest BCUT2D eigenvalue weighted by Crippen LogP contribution is 2.30. The van der Waals surface area contributed by atoms with E-state index in [2.05, 4.69) is 48.2 Å². The summed E-state index contributed by atoms with van der Waals surface area (Å²) in [5.41, 5.74) is 4.27. The summed E-state index contributed by atoms with van der Waals surface area (Å²) in [6, 6.07) is 24.2. The van der Waals surface area contributed by atoms with Crippen molar-refractivity contribution in [1.82, 2.24) is 24.4 Å². The van der Waals surface area contributed by atoms with Crippen LogP contribution in [0.2, 0.25) is 0 Å². The third kappa shape index (κ3) is 7.08. The molecule has 0 fully saturated rings. The number of aromatic nitrogens is 5. The molecule has 3 heterocycles. The highest BCUT2D eigenvalue weighted by atomic mass is 32.2. The Labute approximate surface area is 276 Å². The monoisotopic (exact) mass is 649 g/mol. The first kappa shape index (κ1) is 31.3. The number of hydrogen-bond acceptors (Lipinski definition) is 8. The molecule has 0 amide bonds. The van der Waals surface area contributed by atoms with Crippen LogP contribution in [0, 0.1) is 0 Å². The molecule has 6 aromatic rings. The van der Waals surface area contributed by atoms with Crippen LogP contribution in [-0.2, 0) is 0 Å². The van der Waals surface area contributed by atoms with Crippen LogP contribution in [0.3, 0.4) is 0 Å². The highest BCUT2D eigenvalue weighted by molar-refractivity contribution is 7.99. The number of rotatable bonds is 13. The Hall–Kier alpha value is -4.67. The Morgan fingerprint density at radius 2 is 1.76 bits per heavy atom. The maximum Gasteiger partial charge on any atom is 0.291 e. The average molecular weight is 650 g/mol. The number of thioether (sulfide) groups is 1. The molecule has 0 bridgehead atoms. The third-order valence-electron chi connectivity index (χ3n) is 7.22. The van der Waals surface area contributed by atoms with E-state index in [1.165, 1.54) is 20.7 Å². The van der Waals surface area contributed by atoms with Crippen LogP contribution >= 0.6 is 23.1 Å². The SMILES string of the molecule is CCCCOc1ccc(/C=C/c2nc3s/c(=C\c4cn(-c5ccccc5)nc4-c4ccc(SCCC)cc4)c(=O)n3n2)cc1OC. The fourth-order valence-electron chi connectivity index (χ4n) is 4.82. The lowest BCUT2D eigenvalue weighted by Crippen LogP contribution is -2.23. The van der Waals surface area contributed by atoms with Crippen LogP contribution in [0.25, 0.3) is 40.1 Å². The van der Waals surface area contributed by atoms with E-state index in [1.54, 1.807) is 13.2 Å². The summed E-state index contributed by atoms with van der Waals surface area (Å²) in [5, 5.41) is 9.42. The van der Waals surface area contributed by atoms with Gasteiger partial charge >= 0.3 is 0 Å². The molecule has 6 rings (SSSR count). The minimum atomic E-state index is -0.216. The lowest BCUT2D eigenvalue weighted by Gasteiger charge is -2.10. The Kier molecular flexibility index (Phi) is 9.95. The topological polar surface area (TPSA) is 83.5 Å². The molecule has 0 atom stereocenters. The largest absolute Gasteiger partial charge is 0.493 e. The number of hydrogen-bond donors (Lipinski definition) is 0. The normalized spacial score (nSPS) is 12.0. The van der Waals surface area contributed by atoms with E-state index in [0.717, 1.165) is 53.1 Å². The van der Waals surface area contributed by atoms with Crippen molar-refractivity contribution in [2.24, 2.45) is 0 Å². The maximum atomic E-state index is 13.5. The molecule has 8 nitrogen and oxygen atoms in total.